The van der Waals surface area contributed by atoms with Gasteiger partial charge in [0.1, 0.15) is 18.5 Å². The normalized spacial score (nSPS) is 20.1. The lowest BCUT2D eigenvalue weighted by molar-refractivity contribution is -0.150. The monoisotopic (exact) mass is 398 g/mol. The summed E-state index contributed by atoms with van der Waals surface area (Å²) in [4.78, 5) is 24.7. The van der Waals surface area contributed by atoms with Gasteiger partial charge in [0, 0.05) is 0 Å². The van der Waals surface area contributed by atoms with Crippen molar-refractivity contribution in [1.82, 2.24) is 0 Å². The molecule has 7 nitrogen and oxygen atoms in total. The van der Waals surface area contributed by atoms with Gasteiger partial charge in [0.2, 0.25) is 0 Å². The highest BCUT2D eigenvalue weighted by Crippen LogP contribution is 2.28. The van der Waals surface area contributed by atoms with Crippen molar-refractivity contribution in [3.05, 3.63) is 34.4 Å². The first-order chi connectivity index (χ1) is 12.6. The van der Waals surface area contributed by atoms with E-state index in [1.165, 1.54) is 0 Å². The number of carbonyl (C=O) groups is 2. The SMILES string of the molecule is Cc1cc(C)c(C)c(C(=O)OC2CCCC(C(=O)OCCS(=O)(=O)O)C2)c1. The zero-order valence-corrected chi connectivity index (χ0v) is 16.7. The Morgan fingerprint density at radius 2 is 1.89 bits per heavy atom. The molecule has 2 atom stereocenters. The molecule has 2 unspecified atom stereocenters. The highest BCUT2D eigenvalue weighted by atomic mass is 32.2. The Hall–Kier alpha value is -1.93. The van der Waals surface area contributed by atoms with E-state index in [0.29, 0.717) is 31.2 Å². The standard InChI is InChI=1S/C19H26O7S/c1-12-9-13(2)14(3)17(10-12)19(21)26-16-6-4-5-15(11-16)18(20)25-7-8-27(22,23)24/h9-10,15-16H,4-8,11H2,1-3H3,(H,22,23,24). The lowest BCUT2D eigenvalue weighted by atomic mass is 9.87. The van der Waals surface area contributed by atoms with Gasteiger partial charge in [-0.3, -0.25) is 9.35 Å². The molecule has 1 fully saturated rings. The third kappa shape index (κ3) is 6.32. The number of esters is 2. The van der Waals surface area contributed by atoms with Crippen molar-refractivity contribution in [2.45, 2.75) is 52.6 Å². The predicted octanol–water partition coefficient (Wildman–Crippen LogP) is 2.76. The second-order valence-electron chi connectivity index (χ2n) is 7.10. The molecule has 1 saturated carbocycles. The fourth-order valence-electron chi connectivity index (χ4n) is 3.30. The summed E-state index contributed by atoms with van der Waals surface area (Å²) in [7, 11) is -4.17. The molecule has 2 rings (SSSR count). The Kier molecular flexibility index (Phi) is 7.00. The van der Waals surface area contributed by atoms with Crippen LogP contribution in [0.2, 0.25) is 0 Å². The zero-order valence-electron chi connectivity index (χ0n) is 15.9. The molecule has 0 heterocycles. The van der Waals surface area contributed by atoms with E-state index < -0.39 is 33.7 Å². The topological polar surface area (TPSA) is 107 Å². The van der Waals surface area contributed by atoms with Gasteiger partial charge in [-0.05, 0) is 69.2 Å². The molecular formula is C19H26O7S. The zero-order chi connectivity index (χ0) is 20.2. The van der Waals surface area contributed by atoms with Crippen LogP contribution in [0.4, 0.5) is 0 Å². The van der Waals surface area contributed by atoms with Crippen molar-refractivity contribution in [3.8, 4) is 0 Å². The van der Waals surface area contributed by atoms with E-state index in [1.807, 2.05) is 26.8 Å². The summed E-state index contributed by atoms with van der Waals surface area (Å²) in [5.74, 6) is -2.00. The summed E-state index contributed by atoms with van der Waals surface area (Å²) in [6.07, 6.45) is 1.94. The Bertz CT molecular complexity index is 814. The highest BCUT2D eigenvalue weighted by molar-refractivity contribution is 7.85. The van der Waals surface area contributed by atoms with Crippen molar-refractivity contribution in [1.29, 1.82) is 0 Å². The minimum atomic E-state index is -4.17. The Labute approximate surface area is 159 Å². The van der Waals surface area contributed by atoms with E-state index in [-0.39, 0.29) is 12.7 Å². The van der Waals surface area contributed by atoms with Crippen molar-refractivity contribution in [2.24, 2.45) is 5.92 Å². The number of carbonyl (C=O) groups excluding carboxylic acids is 2. The number of ether oxygens (including phenoxy) is 2. The maximum Gasteiger partial charge on any atom is 0.338 e. The Morgan fingerprint density at radius 3 is 2.56 bits per heavy atom. The van der Waals surface area contributed by atoms with Crippen molar-refractivity contribution in [2.75, 3.05) is 12.4 Å². The first-order valence-corrected chi connectivity index (χ1v) is 10.6. The molecular weight excluding hydrogens is 372 g/mol. The molecule has 1 aromatic carbocycles. The summed E-state index contributed by atoms with van der Waals surface area (Å²) < 4.78 is 40.6. The number of hydrogen-bond acceptors (Lipinski definition) is 6. The third-order valence-corrected chi connectivity index (χ3v) is 5.53. The molecule has 27 heavy (non-hydrogen) atoms. The van der Waals surface area contributed by atoms with Crippen LogP contribution < -0.4 is 0 Å². The van der Waals surface area contributed by atoms with E-state index in [9.17, 15) is 18.0 Å². The van der Waals surface area contributed by atoms with Crippen molar-refractivity contribution in [3.63, 3.8) is 0 Å². The molecule has 0 bridgehead atoms. The Morgan fingerprint density at radius 1 is 1.19 bits per heavy atom. The molecule has 0 amide bonds. The minimum absolute atomic E-state index is 0.348. The fourth-order valence-corrected chi connectivity index (χ4v) is 3.59. The predicted molar refractivity (Wildman–Crippen MR) is 99.2 cm³/mol. The molecule has 0 spiro atoms. The van der Waals surface area contributed by atoms with Gasteiger partial charge in [-0.1, -0.05) is 6.07 Å². The lowest BCUT2D eigenvalue weighted by Gasteiger charge is -2.28. The van der Waals surface area contributed by atoms with Crippen molar-refractivity contribution >= 4 is 22.1 Å². The maximum atomic E-state index is 12.6. The van der Waals surface area contributed by atoms with Crippen molar-refractivity contribution < 1.29 is 32.0 Å². The van der Waals surface area contributed by atoms with Gasteiger partial charge in [0.25, 0.3) is 10.1 Å². The fraction of sp³-hybridized carbons (Fsp3) is 0.579. The average molecular weight is 398 g/mol. The van der Waals surface area contributed by atoms with Gasteiger partial charge in [0.15, 0.2) is 0 Å². The van der Waals surface area contributed by atoms with E-state index >= 15 is 0 Å². The van der Waals surface area contributed by atoms with Gasteiger partial charge in [-0.2, -0.15) is 8.42 Å². The molecule has 1 N–H and O–H groups in total. The van der Waals surface area contributed by atoms with E-state index in [0.717, 1.165) is 16.7 Å². The molecule has 0 radical (unpaired) electrons. The molecule has 1 aliphatic carbocycles. The van der Waals surface area contributed by atoms with Gasteiger partial charge in [0.05, 0.1) is 11.5 Å². The van der Waals surface area contributed by atoms with E-state index in [2.05, 4.69) is 0 Å². The second kappa shape index (κ2) is 8.84. The van der Waals surface area contributed by atoms with Crippen LogP contribution in [0.3, 0.4) is 0 Å². The quantitative estimate of drug-likeness (QED) is 0.580. The molecule has 0 aliphatic heterocycles. The first kappa shape index (κ1) is 21.4. The molecule has 8 heteroatoms. The van der Waals surface area contributed by atoms with E-state index in [1.54, 1.807) is 6.07 Å². The van der Waals surface area contributed by atoms with Crippen LogP contribution in [0.25, 0.3) is 0 Å². The summed E-state index contributed by atoms with van der Waals surface area (Å²) in [6, 6.07) is 3.81. The molecule has 0 saturated heterocycles. The molecule has 1 aliphatic rings. The molecule has 1 aromatic rings. The van der Waals surface area contributed by atoms with Crippen LogP contribution in [0.1, 0.15) is 52.7 Å². The van der Waals surface area contributed by atoms with E-state index in [4.69, 9.17) is 14.0 Å². The lowest BCUT2D eigenvalue weighted by Crippen LogP contribution is -2.31. The largest absolute Gasteiger partial charge is 0.464 e. The Balaban J connectivity index is 1.94. The number of hydrogen-bond donors (Lipinski definition) is 1. The van der Waals surface area contributed by atoms with Crippen LogP contribution in [0.15, 0.2) is 12.1 Å². The van der Waals surface area contributed by atoms with Gasteiger partial charge in [-0.25, -0.2) is 4.79 Å². The number of benzene rings is 1. The maximum absolute atomic E-state index is 12.6. The van der Waals surface area contributed by atoms with Crippen LogP contribution >= 0.6 is 0 Å². The third-order valence-electron chi connectivity index (χ3n) is 4.85. The smallest absolute Gasteiger partial charge is 0.338 e. The summed E-state index contributed by atoms with van der Waals surface area (Å²) in [5.41, 5.74) is 3.41. The van der Waals surface area contributed by atoms with Crippen LogP contribution in [0, 0.1) is 26.7 Å². The average Bonchev–Trinajstić information content (AvgIpc) is 2.57. The molecule has 0 aromatic heterocycles. The summed E-state index contributed by atoms with van der Waals surface area (Å²) >= 11 is 0. The minimum Gasteiger partial charge on any atom is -0.464 e. The van der Waals surface area contributed by atoms with Crippen LogP contribution in [-0.2, 0) is 24.4 Å². The van der Waals surface area contributed by atoms with Gasteiger partial charge in [-0.15, -0.1) is 0 Å². The van der Waals surface area contributed by atoms with Gasteiger partial charge >= 0.3 is 11.9 Å². The highest BCUT2D eigenvalue weighted by Gasteiger charge is 2.31. The number of aryl methyl sites for hydroxylation is 2. The second-order valence-corrected chi connectivity index (χ2v) is 8.67. The van der Waals surface area contributed by atoms with Crippen LogP contribution in [0.5, 0.6) is 0 Å². The van der Waals surface area contributed by atoms with Gasteiger partial charge < -0.3 is 9.47 Å². The first-order valence-electron chi connectivity index (χ1n) is 8.97. The summed E-state index contributed by atoms with van der Waals surface area (Å²) in [6.45, 7) is 5.35. The van der Waals surface area contributed by atoms with Crippen LogP contribution in [-0.4, -0.2) is 43.4 Å². The number of rotatable bonds is 6. The molecule has 150 valence electrons. The summed E-state index contributed by atoms with van der Waals surface area (Å²) in [5, 5.41) is 0.